The van der Waals surface area contributed by atoms with Gasteiger partial charge in [0, 0.05) is 13.0 Å². The molecule has 0 rings (SSSR count). The maximum atomic E-state index is 11.6. The van der Waals surface area contributed by atoms with E-state index in [4.69, 9.17) is 9.47 Å². The predicted octanol–water partition coefficient (Wildman–Crippen LogP) is 3.66. The molecular formula is C15H29NO3. The van der Waals surface area contributed by atoms with Crippen molar-refractivity contribution in [1.82, 2.24) is 5.32 Å². The Balaban J connectivity index is 3.93. The molecule has 1 N–H and O–H groups in total. The maximum Gasteiger partial charge on any atom is 0.407 e. The Morgan fingerprint density at radius 1 is 1.21 bits per heavy atom. The fraction of sp³-hybridized carbons (Fsp3) is 0.800. The number of carbonyl (C=O) groups excluding carboxylic acids is 1. The number of carbonyl (C=O) groups is 1. The van der Waals surface area contributed by atoms with Crippen LogP contribution in [0.2, 0.25) is 0 Å². The van der Waals surface area contributed by atoms with E-state index in [0.717, 1.165) is 12.0 Å². The molecule has 4 heteroatoms. The zero-order valence-electron chi connectivity index (χ0n) is 13.3. The Morgan fingerprint density at radius 2 is 1.79 bits per heavy atom. The van der Waals surface area contributed by atoms with Crippen LogP contribution >= 0.6 is 0 Å². The summed E-state index contributed by atoms with van der Waals surface area (Å²) in [7, 11) is 0. The largest absolute Gasteiger partial charge is 0.443 e. The van der Waals surface area contributed by atoms with E-state index in [1.807, 2.05) is 41.5 Å². The lowest BCUT2D eigenvalue weighted by Gasteiger charge is -2.27. The van der Waals surface area contributed by atoms with E-state index in [1.165, 1.54) is 0 Å². The van der Waals surface area contributed by atoms with Crippen molar-refractivity contribution < 1.29 is 14.3 Å². The van der Waals surface area contributed by atoms with Crippen molar-refractivity contribution in [3.63, 3.8) is 0 Å². The average Bonchev–Trinajstić information content (AvgIpc) is 2.12. The first kappa shape index (κ1) is 18.0. The summed E-state index contributed by atoms with van der Waals surface area (Å²) in [6.45, 7) is 16.6. The molecule has 0 aliphatic carbocycles. The number of ether oxygens (including phenoxy) is 2. The van der Waals surface area contributed by atoms with Crippen LogP contribution in [-0.4, -0.2) is 30.4 Å². The van der Waals surface area contributed by atoms with Crippen molar-refractivity contribution in [2.75, 3.05) is 13.2 Å². The first-order valence-corrected chi connectivity index (χ1v) is 6.77. The van der Waals surface area contributed by atoms with Crippen LogP contribution in [0.4, 0.5) is 4.79 Å². The van der Waals surface area contributed by atoms with Crippen molar-refractivity contribution >= 4 is 6.09 Å². The van der Waals surface area contributed by atoms with Gasteiger partial charge in [0.15, 0.2) is 0 Å². The summed E-state index contributed by atoms with van der Waals surface area (Å²) in [6.07, 6.45) is 1.04. The monoisotopic (exact) mass is 271 g/mol. The molecule has 0 heterocycles. The van der Waals surface area contributed by atoms with Gasteiger partial charge in [0.2, 0.25) is 0 Å². The summed E-state index contributed by atoms with van der Waals surface area (Å²) < 4.78 is 11.0. The smallest absolute Gasteiger partial charge is 0.407 e. The van der Waals surface area contributed by atoms with Gasteiger partial charge in [0.05, 0.1) is 12.2 Å². The summed E-state index contributed by atoms with van der Waals surface area (Å²) in [5.41, 5.74) is 0.344. The highest BCUT2D eigenvalue weighted by Crippen LogP contribution is 2.17. The molecule has 0 aliphatic heterocycles. The van der Waals surface area contributed by atoms with Crippen LogP contribution in [0.1, 0.15) is 54.4 Å². The topological polar surface area (TPSA) is 47.6 Å². The van der Waals surface area contributed by atoms with E-state index in [-0.39, 0.29) is 11.7 Å². The van der Waals surface area contributed by atoms with Gasteiger partial charge in [-0.2, -0.15) is 0 Å². The fourth-order valence-corrected chi connectivity index (χ4v) is 1.32. The Morgan fingerprint density at radius 3 is 2.26 bits per heavy atom. The van der Waals surface area contributed by atoms with Gasteiger partial charge in [-0.05, 0) is 48.0 Å². The maximum absolute atomic E-state index is 11.6. The van der Waals surface area contributed by atoms with Crippen LogP contribution in [0.3, 0.4) is 0 Å². The van der Waals surface area contributed by atoms with Crippen molar-refractivity contribution in [2.24, 2.45) is 0 Å². The minimum absolute atomic E-state index is 0.167. The van der Waals surface area contributed by atoms with E-state index in [9.17, 15) is 4.79 Å². The second-order valence-electron chi connectivity index (χ2n) is 6.49. The van der Waals surface area contributed by atoms with Gasteiger partial charge in [0.1, 0.15) is 5.60 Å². The van der Waals surface area contributed by atoms with Gasteiger partial charge in [-0.3, -0.25) is 0 Å². The quantitative estimate of drug-likeness (QED) is 0.719. The van der Waals surface area contributed by atoms with E-state index >= 15 is 0 Å². The molecule has 1 amide bonds. The van der Waals surface area contributed by atoms with Crippen LogP contribution in [0, 0.1) is 0 Å². The second-order valence-corrected chi connectivity index (χ2v) is 6.49. The van der Waals surface area contributed by atoms with Gasteiger partial charge in [-0.1, -0.05) is 5.57 Å². The van der Waals surface area contributed by atoms with E-state index in [1.54, 1.807) is 0 Å². The van der Waals surface area contributed by atoms with Gasteiger partial charge in [0.25, 0.3) is 0 Å². The first-order chi connectivity index (χ1) is 8.52. The Bertz CT molecular complexity index is 303. The molecule has 0 atom stereocenters. The fourth-order valence-electron chi connectivity index (χ4n) is 1.32. The van der Waals surface area contributed by atoms with Crippen LogP contribution in [0.25, 0.3) is 0 Å². The molecule has 0 aromatic carbocycles. The molecule has 0 saturated carbocycles. The van der Waals surface area contributed by atoms with Gasteiger partial charge in [-0.25, -0.2) is 4.79 Å². The SMILES string of the molecule is C=C(C)CCNC(=O)OC(C)(C)CCOC(C)(C)C. The molecule has 0 aromatic heterocycles. The minimum Gasteiger partial charge on any atom is -0.443 e. The number of rotatable bonds is 7. The highest BCUT2D eigenvalue weighted by atomic mass is 16.6. The Hall–Kier alpha value is -1.03. The molecule has 112 valence electrons. The minimum atomic E-state index is -0.529. The Kier molecular flexibility index (Phi) is 7.12. The average molecular weight is 271 g/mol. The molecule has 0 fully saturated rings. The molecule has 0 saturated heterocycles. The van der Waals surface area contributed by atoms with Gasteiger partial charge >= 0.3 is 6.09 Å². The van der Waals surface area contributed by atoms with Crippen molar-refractivity contribution in [3.05, 3.63) is 12.2 Å². The van der Waals surface area contributed by atoms with Crippen LogP contribution in [0.15, 0.2) is 12.2 Å². The summed E-state index contributed by atoms with van der Waals surface area (Å²) in [5.74, 6) is 0. The summed E-state index contributed by atoms with van der Waals surface area (Å²) in [6, 6.07) is 0. The number of nitrogens with one attached hydrogen (secondary N) is 1. The number of hydrogen-bond acceptors (Lipinski definition) is 3. The van der Waals surface area contributed by atoms with E-state index in [2.05, 4.69) is 11.9 Å². The van der Waals surface area contributed by atoms with Crippen LogP contribution < -0.4 is 5.32 Å². The van der Waals surface area contributed by atoms with E-state index in [0.29, 0.717) is 19.6 Å². The standard InChI is InChI=1S/C15H29NO3/c1-12(2)8-10-16-13(17)19-15(6,7)9-11-18-14(3,4)5/h1,8-11H2,2-7H3,(H,16,17). The molecule has 0 bridgehead atoms. The van der Waals surface area contributed by atoms with Gasteiger partial charge < -0.3 is 14.8 Å². The van der Waals surface area contributed by atoms with E-state index < -0.39 is 5.60 Å². The molecule has 0 aromatic rings. The van der Waals surface area contributed by atoms with Crippen molar-refractivity contribution in [3.8, 4) is 0 Å². The molecule has 0 aliphatic rings. The zero-order valence-corrected chi connectivity index (χ0v) is 13.3. The molecule has 0 radical (unpaired) electrons. The summed E-state index contributed by atoms with van der Waals surface area (Å²) >= 11 is 0. The first-order valence-electron chi connectivity index (χ1n) is 6.77. The van der Waals surface area contributed by atoms with Crippen LogP contribution in [0.5, 0.6) is 0 Å². The Labute approximate surface area is 117 Å². The normalized spacial score (nSPS) is 12.1. The highest BCUT2D eigenvalue weighted by Gasteiger charge is 2.23. The van der Waals surface area contributed by atoms with Gasteiger partial charge in [-0.15, -0.1) is 6.58 Å². The summed E-state index contributed by atoms with van der Waals surface area (Å²) in [4.78, 5) is 11.6. The van der Waals surface area contributed by atoms with Crippen LogP contribution in [-0.2, 0) is 9.47 Å². The highest BCUT2D eigenvalue weighted by molar-refractivity contribution is 5.67. The lowest BCUT2D eigenvalue weighted by molar-refractivity contribution is -0.0401. The van der Waals surface area contributed by atoms with Crippen molar-refractivity contribution in [2.45, 2.75) is 65.6 Å². The zero-order chi connectivity index (χ0) is 15.1. The third kappa shape index (κ3) is 11.8. The third-order valence-electron chi connectivity index (χ3n) is 2.43. The number of amides is 1. The molecule has 0 unspecified atom stereocenters. The third-order valence-corrected chi connectivity index (χ3v) is 2.43. The molecule has 0 spiro atoms. The molecule has 4 nitrogen and oxygen atoms in total. The second kappa shape index (κ2) is 7.53. The lowest BCUT2D eigenvalue weighted by atomic mass is 10.1. The predicted molar refractivity (Wildman–Crippen MR) is 78.3 cm³/mol. The molecular weight excluding hydrogens is 242 g/mol. The number of alkyl carbamates (subject to hydrolysis) is 1. The number of hydrogen-bond donors (Lipinski definition) is 1. The summed E-state index contributed by atoms with van der Waals surface area (Å²) in [5, 5.41) is 2.71. The molecule has 19 heavy (non-hydrogen) atoms. The van der Waals surface area contributed by atoms with Crippen molar-refractivity contribution in [1.29, 1.82) is 0 Å². The lowest BCUT2D eigenvalue weighted by Crippen LogP contribution is -2.36.